The third kappa shape index (κ3) is 2.72. The van der Waals surface area contributed by atoms with Crippen LogP contribution < -0.4 is 5.14 Å². The second-order valence-corrected chi connectivity index (χ2v) is 7.12. The predicted molar refractivity (Wildman–Crippen MR) is 71.5 cm³/mol. The fourth-order valence-electron chi connectivity index (χ4n) is 2.81. The molecule has 3 rings (SSSR count). The first kappa shape index (κ1) is 14.0. The molecule has 0 spiro atoms. The maximum absolute atomic E-state index is 11.5. The van der Waals surface area contributed by atoms with Crippen LogP contribution in [0.15, 0.2) is 5.16 Å². The van der Waals surface area contributed by atoms with Crippen molar-refractivity contribution in [3.8, 4) is 0 Å². The lowest BCUT2D eigenvalue weighted by Gasteiger charge is -2.34. The van der Waals surface area contributed by atoms with Crippen LogP contribution in [0, 0.1) is 5.92 Å². The zero-order chi connectivity index (χ0) is 14.3. The molecule has 7 nitrogen and oxygen atoms in total. The molecule has 2 saturated carbocycles. The van der Waals surface area contributed by atoms with Gasteiger partial charge < -0.3 is 4.74 Å². The Kier molecular flexibility index (Phi) is 3.55. The summed E-state index contributed by atoms with van der Waals surface area (Å²) in [5.41, 5.74) is 0. The number of hydrogen-bond acceptors (Lipinski definition) is 5. The molecule has 1 aromatic rings. The number of rotatable bonds is 6. The van der Waals surface area contributed by atoms with Crippen LogP contribution in [0.3, 0.4) is 0 Å². The maximum Gasteiger partial charge on any atom is 0.273 e. The Balaban J connectivity index is 1.73. The van der Waals surface area contributed by atoms with E-state index in [9.17, 15) is 8.42 Å². The highest BCUT2D eigenvalue weighted by Gasteiger charge is 2.36. The second kappa shape index (κ2) is 5.09. The first-order valence-corrected chi connectivity index (χ1v) is 8.61. The van der Waals surface area contributed by atoms with Crippen LogP contribution in [0.1, 0.15) is 44.5 Å². The summed E-state index contributed by atoms with van der Waals surface area (Å²) in [5, 5.41) is 13.0. The summed E-state index contributed by atoms with van der Waals surface area (Å²) in [4.78, 5) is 0. The van der Waals surface area contributed by atoms with Gasteiger partial charge in [-0.1, -0.05) is 0 Å². The summed E-state index contributed by atoms with van der Waals surface area (Å²) < 4.78 is 30.3. The van der Waals surface area contributed by atoms with Crippen molar-refractivity contribution in [3.05, 3.63) is 5.82 Å². The van der Waals surface area contributed by atoms with Gasteiger partial charge in [0.1, 0.15) is 5.82 Å². The van der Waals surface area contributed by atoms with E-state index in [2.05, 4.69) is 10.2 Å². The van der Waals surface area contributed by atoms with E-state index in [1.54, 1.807) is 4.57 Å². The molecule has 0 saturated heterocycles. The molecular formula is C12H20N4O3S. The van der Waals surface area contributed by atoms with Crippen molar-refractivity contribution in [1.29, 1.82) is 0 Å². The molecule has 0 aliphatic heterocycles. The minimum absolute atomic E-state index is 0.0873. The van der Waals surface area contributed by atoms with Crippen molar-refractivity contribution in [2.45, 2.75) is 56.3 Å². The highest BCUT2D eigenvalue weighted by Crippen LogP contribution is 2.39. The number of nitrogens with zero attached hydrogens (tertiary/aromatic N) is 3. The SMILES string of the molecule is CCOC1CC(Cc2nnc(S(N)(=O)=O)n2C2CC2)C1. The summed E-state index contributed by atoms with van der Waals surface area (Å²) in [6.45, 7) is 2.74. The number of ether oxygens (including phenoxy) is 1. The summed E-state index contributed by atoms with van der Waals surface area (Å²) >= 11 is 0. The van der Waals surface area contributed by atoms with E-state index in [1.807, 2.05) is 6.92 Å². The smallest absolute Gasteiger partial charge is 0.273 e. The Labute approximate surface area is 118 Å². The van der Waals surface area contributed by atoms with E-state index in [1.165, 1.54) is 0 Å². The Bertz CT molecular complexity index is 588. The van der Waals surface area contributed by atoms with E-state index < -0.39 is 10.0 Å². The molecule has 0 amide bonds. The van der Waals surface area contributed by atoms with Crippen LogP contribution in [0.25, 0.3) is 0 Å². The lowest BCUT2D eigenvalue weighted by molar-refractivity contribution is -0.0247. The van der Waals surface area contributed by atoms with Crippen LogP contribution >= 0.6 is 0 Å². The number of primary sulfonamides is 1. The first-order chi connectivity index (χ1) is 9.49. The minimum atomic E-state index is -3.80. The normalized spacial score (nSPS) is 26.5. The zero-order valence-electron chi connectivity index (χ0n) is 11.5. The van der Waals surface area contributed by atoms with Gasteiger partial charge in [-0.3, -0.25) is 4.57 Å². The molecule has 2 aliphatic rings. The quantitative estimate of drug-likeness (QED) is 0.830. The molecule has 0 unspecified atom stereocenters. The number of nitrogens with two attached hydrogens (primary N) is 1. The van der Waals surface area contributed by atoms with Gasteiger partial charge in [0.25, 0.3) is 15.2 Å². The Morgan fingerprint density at radius 1 is 1.35 bits per heavy atom. The summed E-state index contributed by atoms with van der Waals surface area (Å²) in [7, 11) is -3.80. The molecule has 20 heavy (non-hydrogen) atoms. The van der Waals surface area contributed by atoms with Crippen LogP contribution in [-0.4, -0.2) is 35.9 Å². The minimum Gasteiger partial charge on any atom is -0.378 e. The number of hydrogen-bond donors (Lipinski definition) is 1. The standard InChI is InChI=1S/C12H20N4O3S/c1-2-19-10-5-8(6-10)7-11-14-15-12(20(13,17)18)16(11)9-3-4-9/h8-10H,2-7H2,1H3,(H2,13,17,18). The molecule has 0 bridgehead atoms. The zero-order valence-corrected chi connectivity index (χ0v) is 12.3. The van der Waals surface area contributed by atoms with Crippen LogP contribution in [0.4, 0.5) is 0 Å². The van der Waals surface area contributed by atoms with Gasteiger partial charge in [-0.15, -0.1) is 10.2 Å². The van der Waals surface area contributed by atoms with Gasteiger partial charge in [-0.25, -0.2) is 13.6 Å². The predicted octanol–water partition coefficient (Wildman–Crippen LogP) is 0.618. The van der Waals surface area contributed by atoms with Crippen molar-refractivity contribution in [1.82, 2.24) is 14.8 Å². The molecule has 112 valence electrons. The molecule has 0 atom stereocenters. The lowest BCUT2D eigenvalue weighted by Crippen LogP contribution is -2.33. The van der Waals surface area contributed by atoms with Gasteiger partial charge in [-0.2, -0.15) is 0 Å². The van der Waals surface area contributed by atoms with Crippen molar-refractivity contribution in [3.63, 3.8) is 0 Å². The topological polar surface area (TPSA) is 100 Å². The molecule has 1 heterocycles. The van der Waals surface area contributed by atoms with Crippen molar-refractivity contribution < 1.29 is 13.2 Å². The van der Waals surface area contributed by atoms with Crippen molar-refractivity contribution in [2.75, 3.05) is 6.61 Å². The first-order valence-electron chi connectivity index (χ1n) is 7.07. The van der Waals surface area contributed by atoms with Gasteiger partial charge in [0.2, 0.25) is 0 Å². The summed E-state index contributed by atoms with van der Waals surface area (Å²) in [5.74, 6) is 1.25. The van der Waals surface area contributed by atoms with E-state index in [4.69, 9.17) is 9.88 Å². The van der Waals surface area contributed by atoms with Crippen LogP contribution in [0.2, 0.25) is 0 Å². The van der Waals surface area contributed by atoms with Gasteiger partial charge >= 0.3 is 0 Å². The van der Waals surface area contributed by atoms with E-state index in [-0.39, 0.29) is 11.2 Å². The largest absolute Gasteiger partial charge is 0.378 e. The maximum atomic E-state index is 11.5. The third-order valence-corrected chi connectivity index (χ3v) is 4.76. The number of sulfonamides is 1. The fraction of sp³-hybridized carbons (Fsp3) is 0.833. The molecule has 2 N–H and O–H groups in total. The highest BCUT2D eigenvalue weighted by atomic mass is 32.2. The second-order valence-electron chi connectivity index (χ2n) is 5.66. The molecule has 1 aromatic heterocycles. The summed E-state index contributed by atoms with van der Waals surface area (Å²) in [6.07, 6.45) is 5.06. The molecule has 2 aliphatic carbocycles. The molecule has 0 radical (unpaired) electrons. The molecule has 8 heteroatoms. The van der Waals surface area contributed by atoms with Crippen molar-refractivity contribution in [2.24, 2.45) is 11.1 Å². The van der Waals surface area contributed by atoms with E-state index >= 15 is 0 Å². The molecular weight excluding hydrogens is 280 g/mol. The highest BCUT2D eigenvalue weighted by molar-refractivity contribution is 7.89. The average molecular weight is 300 g/mol. The lowest BCUT2D eigenvalue weighted by atomic mass is 9.80. The van der Waals surface area contributed by atoms with Crippen molar-refractivity contribution >= 4 is 10.0 Å². The van der Waals surface area contributed by atoms with Crippen LogP contribution in [-0.2, 0) is 21.2 Å². The Morgan fingerprint density at radius 2 is 2.05 bits per heavy atom. The Morgan fingerprint density at radius 3 is 2.60 bits per heavy atom. The van der Waals surface area contributed by atoms with Gasteiger partial charge in [0.15, 0.2) is 0 Å². The monoisotopic (exact) mass is 300 g/mol. The number of aromatic nitrogens is 3. The Hall–Kier alpha value is -0.990. The average Bonchev–Trinajstić information content (AvgIpc) is 3.06. The van der Waals surface area contributed by atoms with E-state index in [0.29, 0.717) is 12.0 Å². The van der Waals surface area contributed by atoms with E-state index in [0.717, 1.165) is 44.5 Å². The third-order valence-electron chi connectivity index (χ3n) is 3.97. The fourth-order valence-corrected chi connectivity index (χ4v) is 3.49. The molecule has 0 aromatic carbocycles. The van der Waals surface area contributed by atoms with Gasteiger partial charge in [0.05, 0.1) is 6.10 Å². The summed E-state index contributed by atoms with van der Waals surface area (Å²) in [6, 6.07) is 0.205. The van der Waals surface area contributed by atoms with Gasteiger partial charge in [0, 0.05) is 19.1 Å². The van der Waals surface area contributed by atoms with Crippen LogP contribution in [0.5, 0.6) is 0 Å². The molecule has 2 fully saturated rings. The van der Waals surface area contributed by atoms with Gasteiger partial charge in [-0.05, 0) is 38.5 Å².